The zero-order valence-electron chi connectivity index (χ0n) is 11.2. The van der Waals surface area contributed by atoms with Crippen LogP contribution in [-0.2, 0) is 0 Å². The van der Waals surface area contributed by atoms with Crippen molar-refractivity contribution in [3.05, 3.63) is 52.7 Å². The highest BCUT2D eigenvalue weighted by atomic mass is 16.5. The van der Waals surface area contributed by atoms with Gasteiger partial charge < -0.3 is 19.4 Å². The lowest BCUT2D eigenvalue weighted by Crippen LogP contribution is -2.01. The minimum absolute atomic E-state index is 0.0355. The molecule has 0 spiro atoms. The molecule has 5 nitrogen and oxygen atoms in total. The second kappa shape index (κ2) is 4.86. The van der Waals surface area contributed by atoms with Gasteiger partial charge in [0.05, 0.1) is 7.11 Å². The van der Waals surface area contributed by atoms with Gasteiger partial charge in [0.15, 0.2) is 16.9 Å². The smallest absolute Gasteiger partial charge is 0.201 e. The molecule has 0 amide bonds. The van der Waals surface area contributed by atoms with Crippen LogP contribution >= 0.6 is 0 Å². The van der Waals surface area contributed by atoms with Crippen LogP contribution in [0.4, 0.5) is 0 Å². The number of methoxy groups -OCH3 is 1. The zero-order valence-corrected chi connectivity index (χ0v) is 11.2. The largest absolute Gasteiger partial charge is 0.504 e. The van der Waals surface area contributed by atoms with E-state index in [1.54, 1.807) is 0 Å². The third-order valence-corrected chi connectivity index (χ3v) is 3.21. The Morgan fingerprint density at radius 2 is 1.76 bits per heavy atom. The van der Waals surface area contributed by atoms with Gasteiger partial charge in [0, 0.05) is 17.7 Å². The van der Waals surface area contributed by atoms with Gasteiger partial charge in [0.25, 0.3) is 0 Å². The normalized spacial score (nSPS) is 10.7. The number of hydrogen-bond donors (Lipinski definition) is 2. The molecule has 0 aliphatic heterocycles. The van der Waals surface area contributed by atoms with Crippen LogP contribution in [0.1, 0.15) is 0 Å². The van der Waals surface area contributed by atoms with E-state index in [2.05, 4.69) is 0 Å². The lowest BCUT2D eigenvalue weighted by molar-refractivity contribution is 0.352. The van der Waals surface area contributed by atoms with E-state index in [1.165, 1.54) is 19.2 Å². The summed E-state index contributed by atoms with van der Waals surface area (Å²) in [6, 6.07) is 11.8. The summed E-state index contributed by atoms with van der Waals surface area (Å²) in [5.74, 6) is -0.615. The fraction of sp³-hybridized carbons (Fsp3) is 0.0625. The first-order chi connectivity index (χ1) is 10.1. The predicted molar refractivity (Wildman–Crippen MR) is 77.8 cm³/mol. The first-order valence-electron chi connectivity index (χ1n) is 6.24. The highest BCUT2D eigenvalue weighted by Crippen LogP contribution is 2.41. The van der Waals surface area contributed by atoms with E-state index in [1.807, 2.05) is 30.3 Å². The average molecular weight is 284 g/mol. The standard InChI is InChI=1S/C16H12O5/c1-20-13-8-12-14(16(19)15(13)18)10(17)7-11(21-12)9-5-3-2-4-6-9/h2-8,18-19H,1H3. The van der Waals surface area contributed by atoms with Crippen molar-refractivity contribution in [3.8, 4) is 28.6 Å². The molecule has 1 heterocycles. The van der Waals surface area contributed by atoms with Gasteiger partial charge in [-0.15, -0.1) is 0 Å². The van der Waals surface area contributed by atoms with Gasteiger partial charge in [-0.2, -0.15) is 0 Å². The van der Waals surface area contributed by atoms with Crippen LogP contribution in [0.3, 0.4) is 0 Å². The molecule has 0 atom stereocenters. The quantitative estimate of drug-likeness (QED) is 0.707. The first kappa shape index (κ1) is 13.1. The lowest BCUT2D eigenvalue weighted by Gasteiger charge is -2.09. The van der Waals surface area contributed by atoms with Crippen molar-refractivity contribution in [1.82, 2.24) is 0 Å². The van der Waals surface area contributed by atoms with Crippen LogP contribution in [0.15, 0.2) is 51.7 Å². The van der Waals surface area contributed by atoms with Crippen molar-refractivity contribution in [2.24, 2.45) is 0 Å². The van der Waals surface area contributed by atoms with Crippen LogP contribution in [0, 0.1) is 0 Å². The number of aromatic hydroxyl groups is 2. The van der Waals surface area contributed by atoms with Crippen molar-refractivity contribution in [2.75, 3.05) is 7.11 Å². The molecule has 0 aliphatic carbocycles. The molecule has 2 N–H and O–H groups in total. The van der Waals surface area contributed by atoms with Crippen molar-refractivity contribution in [3.63, 3.8) is 0 Å². The Labute approximate surface area is 119 Å². The maximum atomic E-state index is 12.2. The fourth-order valence-electron chi connectivity index (χ4n) is 2.17. The predicted octanol–water partition coefficient (Wildman–Crippen LogP) is 2.88. The molecular formula is C16H12O5. The summed E-state index contributed by atoms with van der Waals surface area (Å²) in [6.45, 7) is 0. The highest BCUT2D eigenvalue weighted by Gasteiger charge is 2.17. The summed E-state index contributed by atoms with van der Waals surface area (Å²) >= 11 is 0. The maximum absolute atomic E-state index is 12.2. The van der Waals surface area contributed by atoms with E-state index in [0.717, 1.165) is 5.56 Å². The van der Waals surface area contributed by atoms with Gasteiger partial charge in [0.2, 0.25) is 5.75 Å². The van der Waals surface area contributed by atoms with Crippen LogP contribution in [0.25, 0.3) is 22.3 Å². The van der Waals surface area contributed by atoms with Gasteiger partial charge >= 0.3 is 0 Å². The number of benzene rings is 2. The molecule has 0 saturated carbocycles. The summed E-state index contributed by atoms with van der Waals surface area (Å²) in [7, 11) is 1.35. The SMILES string of the molecule is COc1cc2oc(-c3ccccc3)cc(=O)c2c(O)c1O. The van der Waals surface area contributed by atoms with E-state index in [0.29, 0.717) is 5.76 Å². The topological polar surface area (TPSA) is 79.9 Å². The molecule has 21 heavy (non-hydrogen) atoms. The summed E-state index contributed by atoms with van der Waals surface area (Å²) in [4.78, 5) is 12.2. The Bertz CT molecular complexity index is 865. The molecule has 0 unspecified atom stereocenters. The minimum Gasteiger partial charge on any atom is -0.504 e. The van der Waals surface area contributed by atoms with Crippen molar-refractivity contribution >= 4 is 11.0 Å². The molecule has 0 aliphatic rings. The Balaban J connectivity index is 2.35. The molecule has 3 aromatic rings. The molecule has 0 saturated heterocycles. The van der Waals surface area contributed by atoms with Gasteiger partial charge in [-0.05, 0) is 0 Å². The maximum Gasteiger partial charge on any atom is 0.201 e. The second-order valence-electron chi connectivity index (χ2n) is 4.49. The summed E-state index contributed by atoms with van der Waals surface area (Å²) in [6.07, 6.45) is 0. The molecule has 2 aromatic carbocycles. The fourth-order valence-corrected chi connectivity index (χ4v) is 2.17. The molecule has 106 valence electrons. The van der Waals surface area contributed by atoms with Gasteiger partial charge in [-0.1, -0.05) is 30.3 Å². The molecule has 0 bridgehead atoms. The van der Waals surface area contributed by atoms with Crippen LogP contribution in [0.2, 0.25) is 0 Å². The van der Waals surface area contributed by atoms with Crippen molar-refractivity contribution < 1.29 is 19.4 Å². The third kappa shape index (κ3) is 2.08. The average Bonchev–Trinajstić information content (AvgIpc) is 2.51. The molecule has 5 heteroatoms. The van der Waals surface area contributed by atoms with Crippen LogP contribution in [-0.4, -0.2) is 17.3 Å². The van der Waals surface area contributed by atoms with E-state index >= 15 is 0 Å². The Morgan fingerprint density at radius 1 is 1.05 bits per heavy atom. The van der Waals surface area contributed by atoms with Crippen molar-refractivity contribution in [1.29, 1.82) is 0 Å². The third-order valence-electron chi connectivity index (χ3n) is 3.21. The Hall–Kier alpha value is -2.95. The molecular weight excluding hydrogens is 272 g/mol. The van der Waals surface area contributed by atoms with Crippen molar-refractivity contribution in [2.45, 2.75) is 0 Å². The van der Waals surface area contributed by atoms with Gasteiger partial charge in [-0.25, -0.2) is 0 Å². The van der Waals surface area contributed by atoms with E-state index in [4.69, 9.17) is 9.15 Å². The van der Waals surface area contributed by atoms with E-state index in [9.17, 15) is 15.0 Å². The zero-order chi connectivity index (χ0) is 15.0. The second-order valence-corrected chi connectivity index (χ2v) is 4.49. The van der Waals surface area contributed by atoms with E-state index < -0.39 is 16.9 Å². The van der Waals surface area contributed by atoms with Crippen LogP contribution in [0.5, 0.6) is 17.2 Å². The van der Waals surface area contributed by atoms with Gasteiger partial charge in [-0.3, -0.25) is 4.79 Å². The Morgan fingerprint density at radius 3 is 2.43 bits per heavy atom. The number of phenolic OH excluding ortho intramolecular Hbond substituents is 2. The summed E-state index contributed by atoms with van der Waals surface area (Å²) < 4.78 is 10.6. The van der Waals surface area contributed by atoms with E-state index in [-0.39, 0.29) is 16.7 Å². The summed E-state index contributed by atoms with van der Waals surface area (Å²) in [5, 5.41) is 19.6. The molecule has 3 rings (SSSR count). The summed E-state index contributed by atoms with van der Waals surface area (Å²) in [5.41, 5.74) is 0.446. The minimum atomic E-state index is -0.544. The number of ether oxygens (including phenoxy) is 1. The lowest BCUT2D eigenvalue weighted by atomic mass is 10.1. The van der Waals surface area contributed by atoms with Gasteiger partial charge in [0.1, 0.15) is 16.7 Å². The Kier molecular flexibility index (Phi) is 3.02. The highest BCUT2D eigenvalue weighted by molar-refractivity contribution is 5.89. The molecule has 1 aromatic heterocycles. The monoisotopic (exact) mass is 284 g/mol. The van der Waals surface area contributed by atoms with Crippen LogP contribution < -0.4 is 10.2 Å². The number of hydrogen-bond acceptors (Lipinski definition) is 5. The number of rotatable bonds is 2. The molecule has 0 radical (unpaired) electrons. The first-order valence-corrected chi connectivity index (χ1v) is 6.24. The number of fused-ring (bicyclic) bond motifs is 1. The number of phenols is 2. The molecule has 0 fully saturated rings.